The van der Waals surface area contributed by atoms with Crippen molar-refractivity contribution in [1.29, 1.82) is 0 Å². The Hall–Kier alpha value is -1.21. The Morgan fingerprint density at radius 2 is 2.16 bits per heavy atom. The molecule has 0 amide bonds. The zero-order chi connectivity index (χ0) is 14.0. The molecule has 0 aliphatic carbocycles. The second kappa shape index (κ2) is 5.42. The predicted octanol–water partition coefficient (Wildman–Crippen LogP) is 2.33. The lowest BCUT2D eigenvalue weighted by atomic mass is 10.3. The van der Waals surface area contributed by atoms with E-state index >= 15 is 0 Å². The highest BCUT2D eigenvalue weighted by molar-refractivity contribution is 8.00. The second-order valence-electron chi connectivity index (χ2n) is 4.47. The van der Waals surface area contributed by atoms with Crippen molar-refractivity contribution < 1.29 is 12.8 Å². The summed E-state index contributed by atoms with van der Waals surface area (Å²) in [5.41, 5.74) is 7.61. The van der Waals surface area contributed by atoms with E-state index in [-0.39, 0.29) is 11.0 Å². The number of rotatable bonds is 5. The summed E-state index contributed by atoms with van der Waals surface area (Å²) >= 11 is 1.30. The van der Waals surface area contributed by atoms with Crippen molar-refractivity contribution in [1.82, 2.24) is 4.98 Å². The van der Waals surface area contributed by atoms with Crippen LogP contribution >= 0.6 is 11.8 Å². The molecule has 0 unspecified atom stereocenters. The maximum Gasteiger partial charge on any atom is 0.256 e. The van der Waals surface area contributed by atoms with Gasteiger partial charge in [0.25, 0.3) is 5.22 Å². The monoisotopic (exact) mass is 300 g/mol. The fraction of sp³-hybridized carbons (Fsp3) is 0.417. The number of sulfone groups is 1. The van der Waals surface area contributed by atoms with Crippen LogP contribution in [0.4, 0.5) is 5.69 Å². The van der Waals surface area contributed by atoms with Gasteiger partial charge in [0.2, 0.25) is 0 Å². The zero-order valence-electron chi connectivity index (χ0n) is 10.8. The SMILES string of the molecule is CC(C)S(=O)(=O)CCSc1nc2ccc(N)cc2o1. The lowest BCUT2D eigenvalue weighted by Crippen LogP contribution is -2.18. The maximum absolute atomic E-state index is 11.7. The minimum atomic E-state index is -3.02. The Kier molecular flexibility index (Phi) is 4.05. The molecule has 0 bridgehead atoms. The van der Waals surface area contributed by atoms with E-state index in [1.165, 1.54) is 11.8 Å². The number of anilines is 1. The summed E-state index contributed by atoms with van der Waals surface area (Å²) in [7, 11) is -3.02. The summed E-state index contributed by atoms with van der Waals surface area (Å²) in [5.74, 6) is 0.555. The van der Waals surface area contributed by atoms with Gasteiger partial charge in [-0.2, -0.15) is 0 Å². The average Bonchev–Trinajstić information content (AvgIpc) is 2.70. The van der Waals surface area contributed by atoms with Gasteiger partial charge in [0.05, 0.1) is 11.0 Å². The summed E-state index contributed by atoms with van der Waals surface area (Å²) in [5, 5.41) is 0.121. The molecular formula is C12H16N2O3S2. The molecule has 0 saturated carbocycles. The summed E-state index contributed by atoms with van der Waals surface area (Å²) in [6.07, 6.45) is 0. The summed E-state index contributed by atoms with van der Waals surface area (Å²) in [6.45, 7) is 3.37. The fourth-order valence-electron chi connectivity index (χ4n) is 1.46. The molecule has 2 N–H and O–H groups in total. The molecule has 0 aliphatic rings. The van der Waals surface area contributed by atoms with Crippen LogP contribution in [0.1, 0.15) is 13.8 Å². The normalized spacial score (nSPS) is 12.4. The van der Waals surface area contributed by atoms with Crippen molar-refractivity contribution in [3.8, 4) is 0 Å². The Labute approximate surface area is 116 Å². The van der Waals surface area contributed by atoms with Gasteiger partial charge in [-0.05, 0) is 26.0 Å². The van der Waals surface area contributed by atoms with Gasteiger partial charge in [-0.25, -0.2) is 13.4 Å². The molecule has 1 aromatic carbocycles. The molecule has 19 heavy (non-hydrogen) atoms. The van der Waals surface area contributed by atoms with E-state index in [1.54, 1.807) is 32.0 Å². The van der Waals surface area contributed by atoms with Crippen LogP contribution in [0, 0.1) is 0 Å². The van der Waals surface area contributed by atoms with E-state index in [0.29, 0.717) is 22.2 Å². The Bertz CT molecular complexity index is 677. The molecule has 0 spiro atoms. The fourth-order valence-corrected chi connectivity index (χ4v) is 3.68. The van der Waals surface area contributed by atoms with Crippen LogP contribution in [-0.4, -0.2) is 30.2 Å². The Morgan fingerprint density at radius 1 is 1.42 bits per heavy atom. The summed E-state index contributed by atoms with van der Waals surface area (Å²) in [6, 6.07) is 5.24. The van der Waals surface area contributed by atoms with Crippen LogP contribution in [0.15, 0.2) is 27.8 Å². The first kappa shape index (κ1) is 14.2. The highest BCUT2D eigenvalue weighted by Gasteiger charge is 2.16. The van der Waals surface area contributed by atoms with Gasteiger partial charge in [-0.3, -0.25) is 0 Å². The standard InChI is InChI=1S/C12H16N2O3S2/c1-8(2)19(15,16)6-5-18-12-14-10-4-3-9(13)7-11(10)17-12/h3-4,7-8H,5-6,13H2,1-2H3. The minimum absolute atomic E-state index is 0.121. The van der Waals surface area contributed by atoms with Crippen LogP contribution in [-0.2, 0) is 9.84 Å². The predicted molar refractivity (Wildman–Crippen MR) is 78.1 cm³/mol. The zero-order valence-corrected chi connectivity index (χ0v) is 12.4. The molecule has 0 fully saturated rings. The average molecular weight is 300 g/mol. The number of thioether (sulfide) groups is 1. The van der Waals surface area contributed by atoms with E-state index in [2.05, 4.69) is 4.98 Å². The maximum atomic E-state index is 11.7. The molecule has 1 aromatic heterocycles. The van der Waals surface area contributed by atoms with E-state index in [4.69, 9.17) is 10.2 Å². The van der Waals surface area contributed by atoms with Gasteiger partial charge in [0.15, 0.2) is 15.4 Å². The lowest BCUT2D eigenvalue weighted by molar-refractivity contribution is 0.490. The number of oxazole rings is 1. The van der Waals surface area contributed by atoms with Crippen LogP contribution in [0.25, 0.3) is 11.1 Å². The first-order valence-corrected chi connectivity index (χ1v) is 8.59. The van der Waals surface area contributed by atoms with Gasteiger partial charge in [0, 0.05) is 17.5 Å². The third-order valence-electron chi connectivity index (χ3n) is 2.70. The van der Waals surface area contributed by atoms with Gasteiger partial charge in [-0.1, -0.05) is 11.8 Å². The highest BCUT2D eigenvalue weighted by atomic mass is 32.2. The number of nitrogens with zero attached hydrogens (tertiary/aromatic N) is 1. The molecule has 1 heterocycles. The minimum Gasteiger partial charge on any atom is -0.431 e. The van der Waals surface area contributed by atoms with E-state index < -0.39 is 9.84 Å². The largest absolute Gasteiger partial charge is 0.431 e. The quantitative estimate of drug-likeness (QED) is 0.673. The molecule has 0 saturated heterocycles. The molecule has 2 aromatic rings. The third-order valence-corrected chi connectivity index (χ3v) is 6.00. The first-order chi connectivity index (χ1) is 8.88. The van der Waals surface area contributed by atoms with Crippen molar-refractivity contribution in [2.45, 2.75) is 24.3 Å². The molecule has 0 aliphatic heterocycles. The highest BCUT2D eigenvalue weighted by Crippen LogP contribution is 2.25. The van der Waals surface area contributed by atoms with Crippen molar-refractivity contribution in [3.63, 3.8) is 0 Å². The summed E-state index contributed by atoms with van der Waals surface area (Å²) in [4.78, 5) is 4.26. The number of fused-ring (bicyclic) bond motifs is 1. The number of aromatic nitrogens is 1. The Balaban J connectivity index is 2.03. The lowest BCUT2D eigenvalue weighted by Gasteiger charge is -2.05. The van der Waals surface area contributed by atoms with Crippen molar-refractivity contribution in [3.05, 3.63) is 18.2 Å². The van der Waals surface area contributed by atoms with Gasteiger partial charge in [-0.15, -0.1) is 0 Å². The van der Waals surface area contributed by atoms with Crippen molar-refractivity contribution in [2.24, 2.45) is 0 Å². The van der Waals surface area contributed by atoms with E-state index in [0.717, 1.165) is 5.52 Å². The van der Waals surface area contributed by atoms with Crippen LogP contribution in [0.3, 0.4) is 0 Å². The van der Waals surface area contributed by atoms with Crippen LogP contribution in [0.5, 0.6) is 0 Å². The first-order valence-electron chi connectivity index (χ1n) is 5.89. The third kappa shape index (κ3) is 3.42. The molecule has 0 atom stereocenters. The summed E-state index contributed by atoms with van der Waals surface area (Å²) < 4.78 is 28.8. The van der Waals surface area contributed by atoms with Gasteiger partial charge in [0.1, 0.15) is 5.52 Å². The molecule has 2 rings (SSSR count). The van der Waals surface area contributed by atoms with Gasteiger partial charge < -0.3 is 10.2 Å². The number of benzene rings is 1. The van der Waals surface area contributed by atoms with E-state index in [9.17, 15) is 8.42 Å². The second-order valence-corrected chi connectivity index (χ2v) is 8.19. The Morgan fingerprint density at radius 3 is 2.84 bits per heavy atom. The molecular weight excluding hydrogens is 284 g/mol. The molecule has 0 radical (unpaired) electrons. The van der Waals surface area contributed by atoms with Crippen LogP contribution in [0.2, 0.25) is 0 Å². The molecule has 7 heteroatoms. The van der Waals surface area contributed by atoms with Crippen LogP contribution < -0.4 is 5.73 Å². The van der Waals surface area contributed by atoms with E-state index in [1.807, 2.05) is 0 Å². The number of nitrogen functional groups attached to an aromatic ring is 1. The topological polar surface area (TPSA) is 86.2 Å². The molecule has 5 nitrogen and oxygen atoms in total. The number of hydrogen-bond acceptors (Lipinski definition) is 6. The number of hydrogen-bond donors (Lipinski definition) is 1. The van der Waals surface area contributed by atoms with Crippen molar-refractivity contribution in [2.75, 3.05) is 17.2 Å². The smallest absolute Gasteiger partial charge is 0.256 e. The molecule has 104 valence electrons. The van der Waals surface area contributed by atoms with Crippen molar-refractivity contribution >= 4 is 38.4 Å². The van der Waals surface area contributed by atoms with Gasteiger partial charge >= 0.3 is 0 Å². The number of nitrogens with two attached hydrogens (primary N) is 1.